The molecule has 0 aromatic heterocycles. The highest BCUT2D eigenvalue weighted by molar-refractivity contribution is 5.76. The Balaban J connectivity index is 2.63. The molecule has 0 aliphatic carbocycles. The maximum absolute atomic E-state index is 11.7. The van der Waals surface area contributed by atoms with Gasteiger partial charge in [-0.25, -0.2) is 0 Å². The largest absolute Gasteiger partial charge is 0.497 e. The lowest BCUT2D eigenvalue weighted by molar-refractivity contribution is -0.121. The van der Waals surface area contributed by atoms with Crippen LogP contribution in [-0.2, 0) is 11.2 Å². The van der Waals surface area contributed by atoms with E-state index >= 15 is 0 Å². The monoisotopic (exact) mass is 266 g/mol. The minimum Gasteiger partial charge on any atom is -0.497 e. The second-order valence-corrected chi connectivity index (χ2v) is 4.38. The third-order valence-electron chi connectivity index (χ3n) is 2.87. The highest BCUT2D eigenvalue weighted by atomic mass is 16.5. The number of nitrogens with one attached hydrogen (secondary N) is 1. The van der Waals surface area contributed by atoms with Gasteiger partial charge in [0.05, 0.1) is 14.2 Å². The molecule has 5 nitrogen and oxygen atoms in total. The van der Waals surface area contributed by atoms with Crippen LogP contribution in [0.4, 0.5) is 0 Å². The highest BCUT2D eigenvalue weighted by Crippen LogP contribution is 2.24. The average Bonchev–Trinajstić information content (AvgIpc) is 2.44. The van der Waals surface area contributed by atoms with E-state index in [0.29, 0.717) is 19.4 Å². The molecule has 1 aromatic carbocycles. The molecule has 1 aromatic rings. The quantitative estimate of drug-likeness (QED) is 0.775. The second kappa shape index (κ2) is 7.63. The number of carbonyl (C=O) groups is 1. The lowest BCUT2D eigenvalue weighted by Gasteiger charge is -2.13. The van der Waals surface area contributed by atoms with E-state index < -0.39 is 0 Å². The van der Waals surface area contributed by atoms with Gasteiger partial charge in [0.15, 0.2) is 0 Å². The van der Waals surface area contributed by atoms with Crippen molar-refractivity contribution in [2.24, 2.45) is 5.73 Å². The molecule has 19 heavy (non-hydrogen) atoms. The normalized spacial score (nSPS) is 11.8. The molecule has 3 N–H and O–H groups in total. The van der Waals surface area contributed by atoms with Crippen LogP contribution in [0.1, 0.15) is 18.9 Å². The number of aryl methyl sites for hydroxylation is 1. The minimum absolute atomic E-state index is 0.000273. The summed E-state index contributed by atoms with van der Waals surface area (Å²) >= 11 is 0. The van der Waals surface area contributed by atoms with Crippen molar-refractivity contribution in [3.63, 3.8) is 0 Å². The van der Waals surface area contributed by atoms with Gasteiger partial charge in [-0.1, -0.05) is 0 Å². The van der Waals surface area contributed by atoms with E-state index in [9.17, 15) is 4.79 Å². The van der Waals surface area contributed by atoms with Gasteiger partial charge in [-0.2, -0.15) is 0 Å². The Morgan fingerprint density at radius 2 is 2.11 bits per heavy atom. The molecule has 0 fully saturated rings. The molecule has 1 atom stereocenters. The summed E-state index contributed by atoms with van der Waals surface area (Å²) in [5.41, 5.74) is 6.42. The number of benzene rings is 1. The fraction of sp³-hybridized carbons (Fsp3) is 0.500. The highest BCUT2D eigenvalue weighted by Gasteiger charge is 2.09. The topological polar surface area (TPSA) is 73.6 Å². The first kappa shape index (κ1) is 15.3. The number of ether oxygens (including phenoxy) is 2. The van der Waals surface area contributed by atoms with E-state index in [0.717, 1.165) is 17.1 Å². The van der Waals surface area contributed by atoms with Crippen molar-refractivity contribution in [2.45, 2.75) is 25.8 Å². The zero-order valence-corrected chi connectivity index (χ0v) is 11.7. The van der Waals surface area contributed by atoms with E-state index in [1.165, 1.54) is 0 Å². The Morgan fingerprint density at radius 1 is 1.37 bits per heavy atom. The van der Waals surface area contributed by atoms with E-state index in [1.807, 2.05) is 25.1 Å². The summed E-state index contributed by atoms with van der Waals surface area (Å²) < 4.78 is 10.4. The van der Waals surface area contributed by atoms with Gasteiger partial charge < -0.3 is 20.5 Å². The summed E-state index contributed by atoms with van der Waals surface area (Å²) in [5, 5.41) is 2.83. The summed E-state index contributed by atoms with van der Waals surface area (Å²) in [6.45, 7) is 2.32. The predicted molar refractivity (Wildman–Crippen MR) is 74.5 cm³/mol. The number of methoxy groups -OCH3 is 2. The minimum atomic E-state index is -0.0113. The number of hydrogen-bond acceptors (Lipinski definition) is 4. The number of amides is 1. The molecular formula is C14H22N2O3. The predicted octanol–water partition coefficient (Wildman–Crippen LogP) is 1.10. The summed E-state index contributed by atoms with van der Waals surface area (Å²) in [6, 6.07) is 5.56. The number of nitrogens with two attached hydrogens (primary N) is 1. The van der Waals surface area contributed by atoms with Gasteiger partial charge in [-0.05, 0) is 37.1 Å². The third kappa shape index (κ3) is 4.79. The average molecular weight is 266 g/mol. The summed E-state index contributed by atoms with van der Waals surface area (Å²) in [5.74, 6) is 1.51. The lowest BCUT2D eigenvalue weighted by atomic mass is 10.1. The Morgan fingerprint density at radius 3 is 2.68 bits per heavy atom. The molecule has 1 amide bonds. The molecule has 0 unspecified atom stereocenters. The van der Waals surface area contributed by atoms with E-state index in [4.69, 9.17) is 15.2 Å². The second-order valence-electron chi connectivity index (χ2n) is 4.38. The number of carbonyl (C=O) groups excluding carboxylic acids is 1. The van der Waals surface area contributed by atoms with Gasteiger partial charge in [-0.15, -0.1) is 0 Å². The van der Waals surface area contributed by atoms with Crippen molar-refractivity contribution >= 4 is 5.91 Å². The molecule has 0 saturated carbocycles. The van der Waals surface area contributed by atoms with Gasteiger partial charge in [-0.3, -0.25) is 4.79 Å². The molecule has 0 saturated heterocycles. The van der Waals surface area contributed by atoms with E-state index in [1.54, 1.807) is 14.2 Å². The number of hydrogen-bond donors (Lipinski definition) is 2. The molecule has 0 heterocycles. The van der Waals surface area contributed by atoms with E-state index in [2.05, 4.69) is 5.32 Å². The smallest absolute Gasteiger partial charge is 0.220 e. The van der Waals surface area contributed by atoms with Crippen LogP contribution in [0.3, 0.4) is 0 Å². The molecule has 0 bridgehead atoms. The van der Waals surface area contributed by atoms with Gasteiger partial charge in [0.25, 0.3) is 0 Å². The van der Waals surface area contributed by atoms with Crippen LogP contribution < -0.4 is 20.5 Å². The van der Waals surface area contributed by atoms with Gasteiger partial charge >= 0.3 is 0 Å². The van der Waals surface area contributed by atoms with Crippen LogP contribution in [0, 0.1) is 0 Å². The Kier molecular flexibility index (Phi) is 6.15. The van der Waals surface area contributed by atoms with Crippen molar-refractivity contribution in [3.05, 3.63) is 23.8 Å². The van der Waals surface area contributed by atoms with Crippen LogP contribution in [0.15, 0.2) is 18.2 Å². The molecule has 106 valence electrons. The Bertz CT molecular complexity index is 421. The molecule has 0 radical (unpaired) electrons. The molecule has 0 aliphatic heterocycles. The Labute approximate surface area is 114 Å². The zero-order chi connectivity index (χ0) is 14.3. The summed E-state index contributed by atoms with van der Waals surface area (Å²) in [4.78, 5) is 11.7. The fourth-order valence-electron chi connectivity index (χ4n) is 1.73. The van der Waals surface area contributed by atoms with E-state index in [-0.39, 0.29) is 11.9 Å². The maximum atomic E-state index is 11.7. The molecule has 1 rings (SSSR count). The van der Waals surface area contributed by atoms with Crippen LogP contribution in [-0.4, -0.2) is 32.7 Å². The van der Waals surface area contributed by atoms with Crippen molar-refractivity contribution in [3.8, 4) is 11.5 Å². The van der Waals surface area contributed by atoms with Gasteiger partial charge in [0.1, 0.15) is 11.5 Å². The van der Waals surface area contributed by atoms with Crippen LogP contribution in [0.2, 0.25) is 0 Å². The van der Waals surface area contributed by atoms with Gasteiger partial charge in [0, 0.05) is 19.0 Å². The first-order valence-corrected chi connectivity index (χ1v) is 6.31. The van der Waals surface area contributed by atoms with Gasteiger partial charge in [0.2, 0.25) is 5.91 Å². The number of rotatable bonds is 7. The van der Waals surface area contributed by atoms with Crippen LogP contribution in [0.25, 0.3) is 0 Å². The van der Waals surface area contributed by atoms with Crippen molar-refractivity contribution in [2.75, 3.05) is 20.8 Å². The zero-order valence-electron chi connectivity index (χ0n) is 11.7. The maximum Gasteiger partial charge on any atom is 0.220 e. The van der Waals surface area contributed by atoms with Crippen molar-refractivity contribution < 1.29 is 14.3 Å². The van der Waals surface area contributed by atoms with Crippen molar-refractivity contribution in [1.29, 1.82) is 0 Å². The summed E-state index contributed by atoms with van der Waals surface area (Å²) in [6.07, 6.45) is 0.997. The SMILES string of the molecule is COc1ccc(OC)c(CCC(=O)N[C@@H](C)CN)c1. The molecule has 5 heteroatoms. The molecular weight excluding hydrogens is 244 g/mol. The third-order valence-corrected chi connectivity index (χ3v) is 2.87. The van der Waals surface area contributed by atoms with Crippen molar-refractivity contribution in [1.82, 2.24) is 5.32 Å². The lowest BCUT2D eigenvalue weighted by Crippen LogP contribution is -2.37. The first-order chi connectivity index (χ1) is 9.10. The van der Waals surface area contributed by atoms with Crippen LogP contribution in [0.5, 0.6) is 11.5 Å². The Hall–Kier alpha value is -1.75. The fourth-order valence-corrected chi connectivity index (χ4v) is 1.73. The standard InChI is InChI=1S/C14H22N2O3/c1-10(9-15)16-14(17)7-4-11-8-12(18-2)5-6-13(11)19-3/h5-6,8,10H,4,7,9,15H2,1-3H3,(H,16,17)/t10-/m0/s1. The molecule has 0 aliphatic rings. The molecule has 0 spiro atoms. The first-order valence-electron chi connectivity index (χ1n) is 6.31. The van der Waals surface area contributed by atoms with Crippen LogP contribution >= 0.6 is 0 Å². The summed E-state index contributed by atoms with van der Waals surface area (Å²) in [7, 11) is 3.23.